The summed E-state index contributed by atoms with van der Waals surface area (Å²) in [5.41, 5.74) is 14.4. The van der Waals surface area contributed by atoms with Gasteiger partial charge in [0.15, 0.2) is 5.82 Å². The van der Waals surface area contributed by atoms with E-state index in [1.807, 2.05) is 13.8 Å². The smallest absolute Gasteiger partial charge is 0.300 e. The Hall–Kier alpha value is -5.40. The zero-order valence-corrected chi connectivity index (χ0v) is 28.0. The molecule has 1 heterocycles. The molecule has 0 saturated carbocycles. The first-order valence-electron chi connectivity index (χ1n) is 14.8. The van der Waals surface area contributed by atoms with Gasteiger partial charge in [-0.3, -0.25) is 29.2 Å². The Bertz CT molecular complexity index is 1560. The number of hydrogen-bond donors (Lipinski definition) is 7. The first-order valence-corrected chi connectivity index (χ1v) is 14.8. The molecule has 0 aliphatic heterocycles. The molecule has 0 fully saturated rings. The van der Waals surface area contributed by atoms with E-state index >= 15 is 0 Å². The van der Waals surface area contributed by atoms with Crippen molar-refractivity contribution in [3.63, 3.8) is 0 Å². The highest BCUT2D eigenvalue weighted by Crippen LogP contribution is 2.28. The maximum absolute atomic E-state index is 13.4. The summed E-state index contributed by atoms with van der Waals surface area (Å²) in [6.45, 7) is 13.0. The number of carboxylic acids is 2. The highest BCUT2D eigenvalue weighted by molar-refractivity contribution is 5.94. The summed E-state index contributed by atoms with van der Waals surface area (Å²) < 4.78 is 7.35. The second-order valence-corrected chi connectivity index (χ2v) is 12.1. The minimum atomic E-state index is -0.833. The topological polar surface area (TPSA) is 236 Å². The number of carbonyl (C=O) groups excluding carboxylic acids is 1. The number of nitrogen functional groups attached to an aromatic ring is 2. The number of nitrogens with one attached hydrogen (secondary N) is 3. The molecule has 0 atom stereocenters. The summed E-state index contributed by atoms with van der Waals surface area (Å²) in [7, 11) is 0. The number of amidine groups is 1. The van der Waals surface area contributed by atoms with E-state index in [-0.39, 0.29) is 42.1 Å². The molecule has 1 amide bonds. The Morgan fingerprint density at radius 2 is 1.62 bits per heavy atom. The van der Waals surface area contributed by atoms with Gasteiger partial charge in [-0.15, -0.1) is 0 Å². The van der Waals surface area contributed by atoms with Crippen LogP contribution >= 0.6 is 0 Å². The van der Waals surface area contributed by atoms with Crippen LogP contribution in [0.4, 0.5) is 11.5 Å². The second-order valence-electron chi connectivity index (χ2n) is 12.1. The molecular weight excluding hydrogens is 606 g/mol. The van der Waals surface area contributed by atoms with Crippen LogP contribution in [-0.2, 0) is 27.5 Å². The number of ether oxygens (including phenoxy) is 1. The minimum absolute atomic E-state index is 0.0218. The molecule has 3 rings (SSSR count). The third kappa shape index (κ3) is 15.9. The molecule has 0 saturated heterocycles. The third-order valence-electron chi connectivity index (χ3n) is 5.88. The van der Waals surface area contributed by atoms with E-state index in [4.69, 9.17) is 41.4 Å². The predicted octanol–water partition coefficient (Wildman–Crippen LogP) is 3.91. The summed E-state index contributed by atoms with van der Waals surface area (Å²) in [5.74, 6) is -1.30. The SMILES string of the molecule is CC(=O)O.CC(=O)O.CC(C)Nc1ncc(-c2cc(N)cc(OCCC(C)(C)C)c2)n(CC(=O)NCc2ccc(C(=N)N)cc2)c1=O. The van der Waals surface area contributed by atoms with E-state index in [2.05, 4.69) is 36.4 Å². The summed E-state index contributed by atoms with van der Waals surface area (Å²) in [6.07, 6.45) is 2.42. The Morgan fingerprint density at radius 3 is 2.13 bits per heavy atom. The molecule has 14 nitrogen and oxygen atoms in total. The van der Waals surface area contributed by atoms with E-state index < -0.39 is 17.5 Å². The summed E-state index contributed by atoms with van der Waals surface area (Å²) in [5, 5.41) is 28.2. The van der Waals surface area contributed by atoms with Gasteiger partial charge in [-0.05, 0) is 43.4 Å². The number of carbonyl (C=O) groups is 3. The number of benzene rings is 2. The molecular formula is C33H47N7O7. The standard InChI is InChI=1S/C29H39N7O3.2C2H4O2/c1-18(2)35-27-28(38)36(17-25(37)33-15-19-6-8-20(9-7-19)26(31)32)24(16-34-27)21-12-22(30)14-23(13-21)39-11-10-29(3,4)5;2*1-2(3)4/h6-9,12-14,16,18H,10-11,15,17,30H2,1-5H3,(H3,31,32)(H,33,37)(H,34,35);2*1H3,(H,3,4). The lowest BCUT2D eigenvalue weighted by molar-refractivity contribution is -0.135. The van der Waals surface area contributed by atoms with Gasteiger partial charge in [-0.25, -0.2) is 4.98 Å². The summed E-state index contributed by atoms with van der Waals surface area (Å²) in [6, 6.07) is 12.3. The molecule has 256 valence electrons. The van der Waals surface area contributed by atoms with Crippen molar-refractivity contribution in [3.05, 3.63) is 70.1 Å². The number of nitrogens with two attached hydrogens (primary N) is 2. The number of aromatic nitrogens is 2. The highest BCUT2D eigenvalue weighted by Gasteiger charge is 2.17. The zero-order chi connectivity index (χ0) is 35.9. The molecule has 9 N–H and O–H groups in total. The lowest BCUT2D eigenvalue weighted by Crippen LogP contribution is -2.35. The van der Waals surface area contributed by atoms with Crippen LogP contribution in [0.1, 0.15) is 66.0 Å². The number of rotatable bonds is 11. The quantitative estimate of drug-likeness (QED) is 0.0890. The van der Waals surface area contributed by atoms with Crippen LogP contribution in [0.2, 0.25) is 0 Å². The fourth-order valence-corrected chi connectivity index (χ4v) is 3.78. The number of hydrogen-bond acceptors (Lipinski definition) is 9. The van der Waals surface area contributed by atoms with Crippen molar-refractivity contribution >= 4 is 35.2 Å². The van der Waals surface area contributed by atoms with Crippen LogP contribution < -0.4 is 32.4 Å². The minimum Gasteiger partial charge on any atom is -0.493 e. The molecule has 14 heteroatoms. The van der Waals surface area contributed by atoms with Crippen molar-refractivity contribution < 1.29 is 29.3 Å². The first kappa shape index (κ1) is 39.6. The van der Waals surface area contributed by atoms with Crippen LogP contribution in [0.25, 0.3) is 11.3 Å². The van der Waals surface area contributed by atoms with Gasteiger partial charge in [0.2, 0.25) is 5.91 Å². The average Bonchev–Trinajstić information content (AvgIpc) is 2.92. The second kappa shape index (κ2) is 18.5. The molecule has 3 aromatic rings. The average molecular weight is 654 g/mol. The van der Waals surface area contributed by atoms with E-state index in [1.54, 1.807) is 48.7 Å². The van der Waals surface area contributed by atoms with Gasteiger partial charge in [-0.1, -0.05) is 45.0 Å². The van der Waals surface area contributed by atoms with Gasteiger partial charge in [0.05, 0.1) is 18.5 Å². The number of carboxylic acid groups (broad SMARTS) is 2. The zero-order valence-electron chi connectivity index (χ0n) is 28.0. The number of aliphatic carboxylic acids is 2. The molecule has 1 aromatic heterocycles. The van der Waals surface area contributed by atoms with Crippen LogP contribution in [0.3, 0.4) is 0 Å². The van der Waals surface area contributed by atoms with E-state index in [9.17, 15) is 9.59 Å². The van der Waals surface area contributed by atoms with Crippen molar-refractivity contribution in [2.75, 3.05) is 17.7 Å². The Balaban J connectivity index is 0.00000124. The lowest BCUT2D eigenvalue weighted by atomic mass is 9.93. The van der Waals surface area contributed by atoms with Gasteiger partial charge >= 0.3 is 0 Å². The fraction of sp³-hybridized carbons (Fsp3) is 0.394. The summed E-state index contributed by atoms with van der Waals surface area (Å²) in [4.78, 5) is 48.8. The van der Waals surface area contributed by atoms with E-state index in [1.165, 1.54) is 4.57 Å². The van der Waals surface area contributed by atoms with Gasteiger partial charge in [0.1, 0.15) is 18.1 Å². The van der Waals surface area contributed by atoms with Crippen molar-refractivity contribution in [1.82, 2.24) is 14.9 Å². The van der Waals surface area contributed by atoms with E-state index in [0.717, 1.165) is 25.8 Å². The van der Waals surface area contributed by atoms with Crippen LogP contribution in [0, 0.1) is 10.8 Å². The molecule has 0 aliphatic rings. The van der Waals surface area contributed by atoms with Crippen LogP contribution in [0.15, 0.2) is 53.5 Å². The molecule has 0 bridgehead atoms. The maximum Gasteiger partial charge on any atom is 0.300 e. The van der Waals surface area contributed by atoms with Crippen molar-refractivity contribution in [2.45, 2.75) is 74.0 Å². The normalized spacial score (nSPS) is 10.5. The van der Waals surface area contributed by atoms with Gasteiger partial charge in [0.25, 0.3) is 17.5 Å². The molecule has 0 aliphatic carbocycles. The first-order chi connectivity index (χ1) is 21.8. The Kier molecular flexibility index (Phi) is 15.6. The van der Waals surface area contributed by atoms with Gasteiger partial charge in [0, 0.05) is 49.3 Å². The van der Waals surface area contributed by atoms with Crippen LogP contribution in [-0.4, -0.2) is 56.1 Å². The largest absolute Gasteiger partial charge is 0.493 e. The number of anilines is 2. The van der Waals surface area contributed by atoms with Crippen molar-refractivity contribution in [1.29, 1.82) is 5.41 Å². The van der Waals surface area contributed by atoms with Gasteiger partial charge < -0.3 is 37.1 Å². The Morgan fingerprint density at radius 1 is 1.04 bits per heavy atom. The third-order valence-corrected chi connectivity index (χ3v) is 5.88. The molecule has 47 heavy (non-hydrogen) atoms. The number of amides is 1. The van der Waals surface area contributed by atoms with Crippen LogP contribution in [0.5, 0.6) is 5.75 Å². The summed E-state index contributed by atoms with van der Waals surface area (Å²) >= 11 is 0. The molecule has 0 radical (unpaired) electrons. The molecule has 2 aromatic carbocycles. The monoisotopic (exact) mass is 653 g/mol. The molecule has 0 unspecified atom stereocenters. The molecule has 0 spiro atoms. The van der Waals surface area contributed by atoms with Crippen molar-refractivity contribution in [2.24, 2.45) is 11.1 Å². The highest BCUT2D eigenvalue weighted by atomic mass is 16.5. The van der Waals surface area contributed by atoms with E-state index in [0.29, 0.717) is 34.9 Å². The predicted molar refractivity (Wildman–Crippen MR) is 183 cm³/mol. The van der Waals surface area contributed by atoms with Crippen molar-refractivity contribution in [3.8, 4) is 17.0 Å². The Labute approximate surface area is 274 Å². The lowest BCUT2D eigenvalue weighted by Gasteiger charge is -2.19. The fourth-order valence-electron chi connectivity index (χ4n) is 3.78. The maximum atomic E-state index is 13.4. The van der Waals surface area contributed by atoms with Gasteiger partial charge in [-0.2, -0.15) is 0 Å². The number of nitrogens with zero attached hydrogens (tertiary/aromatic N) is 2.